The van der Waals surface area contributed by atoms with Crippen LogP contribution in [0.15, 0.2) is 199 Å². The van der Waals surface area contributed by atoms with Crippen molar-refractivity contribution in [1.29, 1.82) is 0 Å². The van der Waals surface area contributed by atoms with E-state index in [1.54, 1.807) is 0 Å². The van der Waals surface area contributed by atoms with Crippen LogP contribution < -0.4 is 5.32 Å². The van der Waals surface area contributed by atoms with Gasteiger partial charge in [-0.1, -0.05) is 164 Å². The Balaban J connectivity index is 1.20. The van der Waals surface area contributed by atoms with Gasteiger partial charge >= 0.3 is 0 Å². The lowest BCUT2D eigenvalue weighted by Crippen LogP contribution is -2.28. The lowest BCUT2D eigenvalue weighted by atomic mass is 9.67. The number of anilines is 2. The van der Waals surface area contributed by atoms with Crippen molar-refractivity contribution in [2.24, 2.45) is 0 Å². The first-order chi connectivity index (χ1) is 25.3. The minimum Gasteiger partial charge on any atom is -0.455 e. The number of hydrogen-bond donors (Lipinski definition) is 1. The van der Waals surface area contributed by atoms with Crippen molar-refractivity contribution in [1.82, 2.24) is 0 Å². The van der Waals surface area contributed by atoms with E-state index in [2.05, 4.69) is 193 Å². The molecule has 0 amide bonds. The van der Waals surface area contributed by atoms with Gasteiger partial charge in [-0.3, -0.25) is 0 Å². The number of benzene rings is 8. The minimum absolute atomic E-state index is 0.542. The van der Waals surface area contributed by atoms with Crippen molar-refractivity contribution >= 4 is 33.3 Å². The number of hydrogen-bond acceptors (Lipinski definition) is 2. The highest BCUT2D eigenvalue weighted by Gasteiger charge is 2.47. The maximum atomic E-state index is 6.55. The predicted molar refractivity (Wildman–Crippen MR) is 212 cm³/mol. The van der Waals surface area contributed by atoms with Crippen LogP contribution >= 0.6 is 0 Å². The number of fused-ring (bicyclic) bond motifs is 6. The SMILES string of the molecule is c1ccc(-c2ccc(Nc3cccc4c3-c3ccc(-c5cccc6c5oc5ccccc56)cc3C4(c3ccccc3)c3ccccc3)cc2)cc1. The molecule has 8 aromatic carbocycles. The summed E-state index contributed by atoms with van der Waals surface area (Å²) < 4.78 is 6.55. The molecule has 0 atom stereocenters. The summed E-state index contributed by atoms with van der Waals surface area (Å²) in [5.74, 6) is 0. The lowest BCUT2D eigenvalue weighted by molar-refractivity contribution is 0.670. The van der Waals surface area contributed by atoms with E-state index in [-0.39, 0.29) is 0 Å². The second-order valence-electron chi connectivity index (χ2n) is 13.3. The van der Waals surface area contributed by atoms with Crippen molar-refractivity contribution in [3.8, 4) is 33.4 Å². The van der Waals surface area contributed by atoms with Crippen LogP contribution in [-0.4, -0.2) is 0 Å². The van der Waals surface area contributed by atoms with Crippen LogP contribution in [0, 0.1) is 0 Å². The van der Waals surface area contributed by atoms with Crippen LogP contribution in [0.1, 0.15) is 22.3 Å². The molecule has 1 aliphatic carbocycles. The second-order valence-corrected chi connectivity index (χ2v) is 13.3. The van der Waals surface area contributed by atoms with Crippen LogP contribution in [-0.2, 0) is 5.41 Å². The Bertz CT molecular complexity index is 2650. The van der Waals surface area contributed by atoms with Gasteiger partial charge in [-0.25, -0.2) is 0 Å². The highest BCUT2D eigenvalue weighted by molar-refractivity contribution is 6.10. The van der Waals surface area contributed by atoms with Gasteiger partial charge in [0.1, 0.15) is 11.2 Å². The molecule has 2 heteroatoms. The Hall–Kier alpha value is -6.64. The topological polar surface area (TPSA) is 25.2 Å². The maximum absolute atomic E-state index is 6.55. The van der Waals surface area contributed by atoms with Crippen LogP contribution in [0.5, 0.6) is 0 Å². The van der Waals surface area contributed by atoms with Crippen molar-refractivity contribution in [2.45, 2.75) is 5.41 Å². The Morgan fingerprint density at radius 1 is 0.412 bits per heavy atom. The Morgan fingerprint density at radius 3 is 1.76 bits per heavy atom. The molecule has 0 saturated carbocycles. The van der Waals surface area contributed by atoms with E-state index in [0.29, 0.717) is 0 Å². The van der Waals surface area contributed by atoms with Gasteiger partial charge in [-0.05, 0) is 74.8 Å². The summed E-state index contributed by atoms with van der Waals surface area (Å²) in [6, 6.07) is 69.8. The predicted octanol–water partition coefficient (Wildman–Crippen LogP) is 13.0. The molecule has 240 valence electrons. The fourth-order valence-electron chi connectivity index (χ4n) is 8.32. The average Bonchev–Trinajstić information content (AvgIpc) is 3.73. The standard InChI is InChI=1S/C49H33NO/c1-4-14-33(15-5-1)34-26-29-38(30-27-34)50-45-24-13-23-43-47(45)42-31-28-35(39-21-12-22-41-40-20-10-11-25-46(40)51-48(39)41)32-44(42)49(43,36-16-6-2-7-17-36)37-18-8-3-9-19-37/h1-32,50H. The molecule has 1 N–H and O–H groups in total. The zero-order valence-corrected chi connectivity index (χ0v) is 27.9. The zero-order valence-electron chi connectivity index (χ0n) is 27.9. The fraction of sp³-hybridized carbons (Fsp3) is 0.0204. The van der Waals surface area contributed by atoms with Crippen molar-refractivity contribution in [3.05, 3.63) is 216 Å². The summed E-state index contributed by atoms with van der Waals surface area (Å²) in [7, 11) is 0. The monoisotopic (exact) mass is 651 g/mol. The summed E-state index contributed by atoms with van der Waals surface area (Å²) in [6.45, 7) is 0. The lowest BCUT2D eigenvalue weighted by Gasteiger charge is -2.34. The van der Waals surface area contributed by atoms with Crippen molar-refractivity contribution in [2.75, 3.05) is 5.32 Å². The number of nitrogens with one attached hydrogen (secondary N) is 1. The highest BCUT2D eigenvalue weighted by Crippen LogP contribution is 2.59. The summed E-state index contributed by atoms with van der Waals surface area (Å²) in [6.07, 6.45) is 0. The number of furan rings is 1. The average molecular weight is 652 g/mol. The number of para-hydroxylation sites is 2. The molecule has 1 heterocycles. The van der Waals surface area contributed by atoms with E-state index < -0.39 is 5.41 Å². The molecule has 0 aliphatic heterocycles. The molecule has 2 nitrogen and oxygen atoms in total. The molecule has 9 aromatic rings. The first kappa shape index (κ1) is 29.3. The van der Waals surface area contributed by atoms with Gasteiger partial charge in [0, 0.05) is 33.3 Å². The molecule has 0 bridgehead atoms. The van der Waals surface area contributed by atoms with Crippen molar-refractivity contribution < 1.29 is 4.42 Å². The van der Waals surface area contributed by atoms with Gasteiger partial charge in [0.2, 0.25) is 0 Å². The van der Waals surface area contributed by atoms with Crippen LogP contribution in [0.4, 0.5) is 11.4 Å². The first-order valence-corrected chi connectivity index (χ1v) is 17.5. The van der Waals surface area contributed by atoms with Crippen LogP contribution in [0.25, 0.3) is 55.3 Å². The Labute approximate surface area is 297 Å². The molecular weight excluding hydrogens is 619 g/mol. The smallest absolute Gasteiger partial charge is 0.143 e. The molecule has 1 aliphatic rings. The largest absolute Gasteiger partial charge is 0.455 e. The van der Waals surface area contributed by atoms with Gasteiger partial charge in [-0.2, -0.15) is 0 Å². The van der Waals surface area contributed by atoms with E-state index in [0.717, 1.165) is 44.4 Å². The zero-order chi connectivity index (χ0) is 33.8. The Kier molecular flexibility index (Phi) is 6.75. The van der Waals surface area contributed by atoms with Crippen LogP contribution in [0.3, 0.4) is 0 Å². The van der Waals surface area contributed by atoms with E-state index in [9.17, 15) is 0 Å². The summed E-state index contributed by atoms with van der Waals surface area (Å²) >= 11 is 0. The normalized spacial score (nSPS) is 12.9. The molecule has 51 heavy (non-hydrogen) atoms. The quantitative estimate of drug-likeness (QED) is 0.194. The fourth-order valence-corrected chi connectivity index (χ4v) is 8.32. The van der Waals surface area contributed by atoms with Gasteiger partial charge in [0.15, 0.2) is 0 Å². The molecule has 0 spiro atoms. The molecule has 0 unspecified atom stereocenters. The van der Waals surface area contributed by atoms with Gasteiger partial charge in [-0.15, -0.1) is 0 Å². The van der Waals surface area contributed by atoms with Crippen LogP contribution in [0.2, 0.25) is 0 Å². The summed E-state index contributed by atoms with van der Waals surface area (Å²) in [4.78, 5) is 0. The first-order valence-electron chi connectivity index (χ1n) is 17.5. The van der Waals surface area contributed by atoms with E-state index in [4.69, 9.17) is 4.42 Å². The van der Waals surface area contributed by atoms with Gasteiger partial charge in [0.25, 0.3) is 0 Å². The molecular formula is C49H33NO. The summed E-state index contributed by atoms with van der Waals surface area (Å²) in [5, 5.41) is 6.11. The molecule has 10 rings (SSSR count). The highest BCUT2D eigenvalue weighted by atomic mass is 16.3. The van der Waals surface area contributed by atoms with Gasteiger partial charge in [0.05, 0.1) is 5.41 Å². The maximum Gasteiger partial charge on any atom is 0.143 e. The van der Waals surface area contributed by atoms with E-state index in [1.165, 1.54) is 44.5 Å². The Morgan fingerprint density at radius 2 is 1.02 bits per heavy atom. The van der Waals surface area contributed by atoms with Gasteiger partial charge < -0.3 is 9.73 Å². The third-order valence-electron chi connectivity index (χ3n) is 10.6. The molecule has 0 radical (unpaired) electrons. The third kappa shape index (κ3) is 4.57. The minimum atomic E-state index is -0.542. The van der Waals surface area contributed by atoms with E-state index >= 15 is 0 Å². The molecule has 1 aromatic heterocycles. The molecule has 0 saturated heterocycles. The van der Waals surface area contributed by atoms with Crippen molar-refractivity contribution in [3.63, 3.8) is 0 Å². The second kappa shape index (κ2) is 11.8. The van der Waals surface area contributed by atoms with E-state index in [1.807, 2.05) is 6.07 Å². The molecule has 0 fully saturated rings. The summed E-state index contributed by atoms with van der Waals surface area (Å²) in [5.41, 5.74) is 15.5. The third-order valence-corrected chi connectivity index (χ3v) is 10.6. The number of rotatable bonds is 6.